The van der Waals surface area contributed by atoms with Crippen LogP contribution in [0.4, 0.5) is 27.6 Å². The SMILES string of the molecule is O=C(c1ccccc1F)N1CCN(c2c(F)c(F)c(Cl)c(F)c2F)CC1. The maximum absolute atomic E-state index is 14.0. The van der Waals surface area contributed by atoms with E-state index in [1.165, 1.54) is 23.1 Å². The lowest BCUT2D eigenvalue weighted by Crippen LogP contribution is -2.49. The van der Waals surface area contributed by atoms with E-state index in [4.69, 9.17) is 11.6 Å². The zero-order valence-corrected chi connectivity index (χ0v) is 14.0. The summed E-state index contributed by atoms with van der Waals surface area (Å²) in [6.07, 6.45) is 0. The molecule has 1 aliphatic rings. The van der Waals surface area contributed by atoms with Gasteiger partial charge in [0.15, 0.2) is 23.3 Å². The first-order valence-electron chi connectivity index (χ1n) is 7.63. The molecular weight excluding hydrogens is 379 g/mol. The first-order chi connectivity index (χ1) is 12.3. The van der Waals surface area contributed by atoms with Crippen LogP contribution in [0.3, 0.4) is 0 Å². The van der Waals surface area contributed by atoms with Gasteiger partial charge in [-0.25, -0.2) is 22.0 Å². The Morgan fingerprint density at radius 3 is 1.92 bits per heavy atom. The predicted molar refractivity (Wildman–Crippen MR) is 85.8 cm³/mol. The number of piperazine rings is 1. The minimum atomic E-state index is -1.68. The van der Waals surface area contributed by atoms with Crippen molar-refractivity contribution < 1.29 is 26.7 Å². The molecule has 1 heterocycles. The molecule has 1 fully saturated rings. The maximum atomic E-state index is 14.0. The topological polar surface area (TPSA) is 23.6 Å². The molecule has 1 aliphatic heterocycles. The molecule has 0 N–H and O–H groups in total. The average Bonchev–Trinajstić information content (AvgIpc) is 2.65. The number of amides is 1. The number of anilines is 1. The molecule has 9 heteroatoms. The summed E-state index contributed by atoms with van der Waals surface area (Å²) in [5, 5.41) is -1.25. The van der Waals surface area contributed by atoms with Crippen LogP contribution in [0.5, 0.6) is 0 Å². The standard InChI is InChI=1S/C17H12ClF5N2O/c18-11-12(20)14(22)16(15(23)13(11)21)24-5-7-25(8-6-24)17(26)9-3-1-2-4-10(9)19/h1-4H,5-8H2. The summed E-state index contributed by atoms with van der Waals surface area (Å²) in [6, 6.07) is 5.43. The second kappa shape index (κ2) is 7.11. The smallest absolute Gasteiger partial charge is 0.256 e. The highest BCUT2D eigenvalue weighted by molar-refractivity contribution is 6.31. The Balaban J connectivity index is 1.80. The third kappa shape index (κ3) is 3.09. The summed E-state index contributed by atoms with van der Waals surface area (Å²) in [5.41, 5.74) is -0.996. The number of nitrogens with zero attached hydrogens (tertiary/aromatic N) is 2. The van der Waals surface area contributed by atoms with Crippen molar-refractivity contribution in [2.45, 2.75) is 0 Å². The van der Waals surface area contributed by atoms with Crippen LogP contribution >= 0.6 is 11.6 Å². The van der Waals surface area contributed by atoms with Gasteiger partial charge in [0, 0.05) is 26.2 Å². The number of hydrogen-bond acceptors (Lipinski definition) is 2. The van der Waals surface area contributed by atoms with Crippen LogP contribution < -0.4 is 4.90 Å². The van der Waals surface area contributed by atoms with Crippen molar-refractivity contribution in [3.63, 3.8) is 0 Å². The van der Waals surface area contributed by atoms with Gasteiger partial charge in [0.05, 0.1) is 5.56 Å². The Bertz CT molecular complexity index is 839. The van der Waals surface area contributed by atoms with Crippen LogP contribution in [0, 0.1) is 29.1 Å². The van der Waals surface area contributed by atoms with Gasteiger partial charge in [0.2, 0.25) is 0 Å². The second-order valence-electron chi connectivity index (χ2n) is 5.68. The summed E-state index contributed by atoms with van der Waals surface area (Å²) in [7, 11) is 0. The van der Waals surface area contributed by atoms with E-state index in [1.807, 2.05) is 0 Å². The summed E-state index contributed by atoms with van der Waals surface area (Å²) in [6.45, 7) is -0.182. The molecule has 3 rings (SSSR count). The lowest BCUT2D eigenvalue weighted by molar-refractivity contribution is 0.0741. The first-order valence-corrected chi connectivity index (χ1v) is 8.01. The second-order valence-corrected chi connectivity index (χ2v) is 6.06. The van der Waals surface area contributed by atoms with Gasteiger partial charge < -0.3 is 9.80 Å². The number of halogens is 6. The van der Waals surface area contributed by atoms with Gasteiger partial charge in [-0.3, -0.25) is 4.79 Å². The fraction of sp³-hybridized carbons (Fsp3) is 0.235. The van der Waals surface area contributed by atoms with E-state index in [0.717, 1.165) is 11.0 Å². The Hall–Kier alpha value is -2.35. The highest BCUT2D eigenvalue weighted by Gasteiger charge is 2.31. The van der Waals surface area contributed by atoms with Crippen LogP contribution in [0.2, 0.25) is 5.02 Å². The van der Waals surface area contributed by atoms with Crippen molar-refractivity contribution in [2.75, 3.05) is 31.1 Å². The van der Waals surface area contributed by atoms with Gasteiger partial charge in [-0.15, -0.1) is 0 Å². The average molecular weight is 391 g/mol. The normalized spacial score (nSPS) is 14.7. The minimum Gasteiger partial charge on any atom is -0.363 e. The van der Waals surface area contributed by atoms with Crippen molar-refractivity contribution in [1.29, 1.82) is 0 Å². The van der Waals surface area contributed by atoms with E-state index in [2.05, 4.69) is 0 Å². The first kappa shape index (κ1) is 18.4. The Kier molecular flexibility index (Phi) is 5.04. The summed E-state index contributed by atoms with van der Waals surface area (Å²) in [5.74, 6) is -7.79. The Labute approximate surface area is 150 Å². The molecule has 0 aromatic heterocycles. The van der Waals surface area contributed by atoms with E-state index in [-0.39, 0.29) is 31.7 Å². The van der Waals surface area contributed by atoms with Crippen molar-refractivity contribution >= 4 is 23.2 Å². The quantitative estimate of drug-likeness (QED) is 0.439. The van der Waals surface area contributed by atoms with Crippen LogP contribution in [0.1, 0.15) is 10.4 Å². The van der Waals surface area contributed by atoms with E-state index in [0.29, 0.717) is 0 Å². The van der Waals surface area contributed by atoms with E-state index < -0.39 is 45.7 Å². The molecule has 26 heavy (non-hydrogen) atoms. The van der Waals surface area contributed by atoms with Crippen molar-refractivity contribution in [2.24, 2.45) is 0 Å². The summed E-state index contributed by atoms with van der Waals surface area (Å²) >= 11 is 5.21. The predicted octanol–water partition coefficient (Wildman–Crippen LogP) is 4.00. The zero-order valence-electron chi connectivity index (χ0n) is 13.2. The molecule has 0 aliphatic carbocycles. The largest absolute Gasteiger partial charge is 0.363 e. The molecule has 0 spiro atoms. The number of carbonyl (C=O) groups excluding carboxylic acids is 1. The summed E-state index contributed by atoms with van der Waals surface area (Å²) < 4.78 is 69.0. The van der Waals surface area contributed by atoms with Crippen LogP contribution in [-0.4, -0.2) is 37.0 Å². The van der Waals surface area contributed by atoms with Gasteiger partial charge in [0.1, 0.15) is 16.5 Å². The molecule has 138 valence electrons. The molecule has 0 saturated carbocycles. The van der Waals surface area contributed by atoms with E-state index >= 15 is 0 Å². The highest BCUT2D eigenvalue weighted by Crippen LogP contribution is 2.34. The molecule has 0 radical (unpaired) electrons. The fourth-order valence-corrected chi connectivity index (χ4v) is 2.98. The third-order valence-electron chi connectivity index (χ3n) is 4.17. The van der Waals surface area contributed by atoms with Crippen LogP contribution in [-0.2, 0) is 0 Å². The molecule has 2 aromatic carbocycles. The Morgan fingerprint density at radius 2 is 1.38 bits per heavy atom. The highest BCUT2D eigenvalue weighted by atomic mass is 35.5. The fourth-order valence-electron chi connectivity index (χ4n) is 2.81. The molecular formula is C17H12ClF5N2O. The van der Waals surface area contributed by atoms with E-state index in [1.54, 1.807) is 0 Å². The molecule has 0 unspecified atom stereocenters. The molecule has 0 bridgehead atoms. The van der Waals surface area contributed by atoms with Gasteiger partial charge >= 0.3 is 0 Å². The minimum absolute atomic E-state index is 0.00207. The monoisotopic (exact) mass is 390 g/mol. The van der Waals surface area contributed by atoms with Gasteiger partial charge in [-0.05, 0) is 12.1 Å². The number of rotatable bonds is 2. The lowest BCUT2D eigenvalue weighted by atomic mass is 10.1. The van der Waals surface area contributed by atoms with Crippen molar-refractivity contribution in [3.05, 3.63) is 63.9 Å². The van der Waals surface area contributed by atoms with E-state index in [9.17, 15) is 26.7 Å². The molecule has 1 amide bonds. The third-order valence-corrected chi connectivity index (χ3v) is 4.51. The van der Waals surface area contributed by atoms with Gasteiger partial charge in [0.25, 0.3) is 5.91 Å². The van der Waals surface area contributed by atoms with Gasteiger partial charge in [-0.1, -0.05) is 23.7 Å². The molecule has 0 atom stereocenters. The molecule has 1 saturated heterocycles. The van der Waals surface area contributed by atoms with Crippen molar-refractivity contribution in [3.8, 4) is 0 Å². The maximum Gasteiger partial charge on any atom is 0.256 e. The lowest BCUT2D eigenvalue weighted by Gasteiger charge is -2.36. The molecule has 2 aromatic rings. The van der Waals surface area contributed by atoms with Crippen LogP contribution in [0.15, 0.2) is 24.3 Å². The van der Waals surface area contributed by atoms with Crippen LogP contribution in [0.25, 0.3) is 0 Å². The number of hydrogen-bond donors (Lipinski definition) is 0. The Morgan fingerprint density at radius 1 is 0.846 bits per heavy atom. The van der Waals surface area contributed by atoms with Crippen molar-refractivity contribution in [1.82, 2.24) is 4.90 Å². The number of carbonyl (C=O) groups is 1. The molecule has 3 nitrogen and oxygen atoms in total. The number of benzene rings is 2. The summed E-state index contributed by atoms with van der Waals surface area (Å²) in [4.78, 5) is 14.7. The van der Waals surface area contributed by atoms with Gasteiger partial charge in [-0.2, -0.15) is 0 Å². The zero-order chi connectivity index (χ0) is 19.0.